The van der Waals surface area contributed by atoms with Crippen LogP contribution in [0, 0.1) is 6.92 Å². The van der Waals surface area contributed by atoms with E-state index in [-0.39, 0.29) is 17.9 Å². The molecule has 0 radical (unpaired) electrons. The first-order valence-electron chi connectivity index (χ1n) is 9.88. The van der Waals surface area contributed by atoms with Crippen molar-refractivity contribution < 1.29 is 19.4 Å². The fourth-order valence-corrected chi connectivity index (χ4v) is 3.84. The largest absolute Gasteiger partial charge is 0.507 e. The molecule has 0 aliphatic carbocycles. The summed E-state index contributed by atoms with van der Waals surface area (Å²) in [6, 6.07) is 17.3. The Morgan fingerprint density at radius 2 is 1.90 bits per heavy atom. The number of amides is 1. The highest BCUT2D eigenvalue weighted by molar-refractivity contribution is 6.46. The van der Waals surface area contributed by atoms with Crippen molar-refractivity contribution in [2.45, 2.75) is 19.5 Å². The molecule has 6 nitrogen and oxygen atoms in total. The third-order valence-corrected chi connectivity index (χ3v) is 5.32. The minimum absolute atomic E-state index is 0.0627. The van der Waals surface area contributed by atoms with Crippen molar-refractivity contribution in [3.8, 4) is 5.75 Å². The molecule has 31 heavy (non-hydrogen) atoms. The Balaban J connectivity index is 1.87. The minimum atomic E-state index is -0.716. The maximum absolute atomic E-state index is 13.1. The van der Waals surface area contributed by atoms with Gasteiger partial charge < -0.3 is 14.7 Å². The van der Waals surface area contributed by atoms with Gasteiger partial charge in [-0.15, -0.1) is 0 Å². The van der Waals surface area contributed by atoms with Crippen LogP contribution in [0.3, 0.4) is 0 Å². The molecule has 6 heteroatoms. The number of carbonyl (C=O) groups is 2. The van der Waals surface area contributed by atoms with Gasteiger partial charge in [-0.1, -0.05) is 48.0 Å². The fourth-order valence-electron chi connectivity index (χ4n) is 3.84. The maximum atomic E-state index is 13.1. The molecule has 2 heterocycles. The molecule has 1 fully saturated rings. The molecule has 156 valence electrons. The van der Waals surface area contributed by atoms with Crippen LogP contribution in [0.4, 0.5) is 0 Å². The summed E-state index contributed by atoms with van der Waals surface area (Å²) in [6.45, 7) is 2.14. The number of likely N-dealkylation sites (tertiary alicyclic amines) is 1. The number of rotatable bonds is 5. The van der Waals surface area contributed by atoms with Crippen molar-refractivity contribution in [2.75, 3.05) is 7.11 Å². The van der Waals surface area contributed by atoms with Crippen molar-refractivity contribution in [3.05, 3.63) is 101 Å². The highest BCUT2D eigenvalue weighted by Gasteiger charge is 2.46. The molecule has 3 aromatic rings. The minimum Gasteiger partial charge on any atom is -0.507 e. The van der Waals surface area contributed by atoms with E-state index in [4.69, 9.17) is 4.74 Å². The van der Waals surface area contributed by atoms with E-state index in [0.29, 0.717) is 11.3 Å². The van der Waals surface area contributed by atoms with Crippen LogP contribution < -0.4 is 4.74 Å². The fraction of sp³-hybridized carbons (Fsp3) is 0.160. The molecular weight excluding hydrogens is 392 g/mol. The maximum Gasteiger partial charge on any atom is 0.295 e. The zero-order valence-corrected chi connectivity index (χ0v) is 17.3. The van der Waals surface area contributed by atoms with Crippen LogP contribution in [-0.2, 0) is 16.1 Å². The molecule has 1 N–H and O–H groups in total. The van der Waals surface area contributed by atoms with Gasteiger partial charge in [-0.3, -0.25) is 14.6 Å². The SMILES string of the molecule is COc1cccc(/C(O)=C2/C(=O)C(=O)N(Cc3cccnc3)C2c2cccc(C)c2)c1. The second kappa shape index (κ2) is 8.44. The molecule has 0 saturated carbocycles. The number of hydrogen-bond donors (Lipinski definition) is 1. The van der Waals surface area contributed by atoms with Crippen molar-refractivity contribution in [1.29, 1.82) is 0 Å². The molecule has 1 aliphatic heterocycles. The lowest BCUT2D eigenvalue weighted by Crippen LogP contribution is -2.29. The first-order valence-corrected chi connectivity index (χ1v) is 9.88. The van der Waals surface area contributed by atoms with Crippen molar-refractivity contribution in [1.82, 2.24) is 9.88 Å². The summed E-state index contributed by atoms with van der Waals surface area (Å²) in [4.78, 5) is 31.7. The Morgan fingerprint density at radius 1 is 1.10 bits per heavy atom. The highest BCUT2D eigenvalue weighted by Crippen LogP contribution is 2.40. The summed E-state index contributed by atoms with van der Waals surface area (Å²) >= 11 is 0. The number of nitrogens with zero attached hydrogens (tertiary/aromatic N) is 2. The molecule has 2 aromatic carbocycles. The monoisotopic (exact) mass is 414 g/mol. The van der Waals surface area contributed by atoms with Gasteiger partial charge in [-0.05, 0) is 36.2 Å². The summed E-state index contributed by atoms with van der Waals surface area (Å²) in [5.41, 5.74) is 3.02. The lowest BCUT2D eigenvalue weighted by molar-refractivity contribution is -0.140. The van der Waals surface area contributed by atoms with Crippen LogP contribution in [0.15, 0.2) is 78.6 Å². The van der Waals surface area contributed by atoms with Crippen LogP contribution in [-0.4, -0.2) is 33.8 Å². The van der Waals surface area contributed by atoms with Crippen LogP contribution in [0.5, 0.6) is 5.75 Å². The molecular formula is C25H22N2O4. The van der Waals surface area contributed by atoms with E-state index in [0.717, 1.165) is 16.7 Å². The van der Waals surface area contributed by atoms with Crippen LogP contribution in [0.1, 0.15) is 28.3 Å². The van der Waals surface area contributed by atoms with E-state index in [1.807, 2.05) is 37.3 Å². The van der Waals surface area contributed by atoms with Gasteiger partial charge in [0.2, 0.25) is 0 Å². The number of Topliss-reactive ketones (excluding diaryl/α,β-unsaturated/α-hetero) is 1. The standard InChI is InChI=1S/C25H22N2O4/c1-16-6-3-8-18(12-16)22-21(23(28)19-9-4-10-20(13-19)31-2)24(29)25(30)27(22)15-17-7-5-11-26-14-17/h3-14,22,28H,15H2,1-2H3/b23-21-. The van der Waals surface area contributed by atoms with Crippen LogP contribution in [0.25, 0.3) is 5.76 Å². The Labute approximate surface area is 180 Å². The molecule has 1 aliphatic rings. The number of pyridine rings is 1. The van der Waals surface area contributed by atoms with Crippen LogP contribution in [0.2, 0.25) is 0 Å². The molecule has 0 spiro atoms. The van der Waals surface area contributed by atoms with Gasteiger partial charge in [-0.2, -0.15) is 0 Å². The van der Waals surface area contributed by atoms with Crippen LogP contribution >= 0.6 is 0 Å². The average Bonchev–Trinajstić information content (AvgIpc) is 3.04. The van der Waals surface area contributed by atoms with Gasteiger partial charge in [-0.25, -0.2) is 0 Å². The molecule has 1 aromatic heterocycles. The lowest BCUT2D eigenvalue weighted by Gasteiger charge is -2.25. The summed E-state index contributed by atoms with van der Waals surface area (Å²) in [6.07, 6.45) is 3.31. The first kappa shape index (κ1) is 20.3. The number of benzene rings is 2. The van der Waals surface area contributed by atoms with Gasteiger partial charge in [0.1, 0.15) is 11.5 Å². The smallest absolute Gasteiger partial charge is 0.295 e. The quantitative estimate of drug-likeness (QED) is 0.388. The first-order chi connectivity index (χ1) is 15.0. The number of ketones is 1. The number of hydrogen-bond acceptors (Lipinski definition) is 5. The molecule has 4 rings (SSSR count). The Kier molecular flexibility index (Phi) is 5.54. The Morgan fingerprint density at radius 3 is 2.61 bits per heavy atom. The van der Waals surface area contributed by atoms with Crippen molar-refractivity contribution in [3.63, 3.8) is 0 Å². The van der Waals surface area contributed by atoms with E-state index < -0.39 is 17.7 Å². The Hall–Kier alpha value is -3.93. The second-order valence-corrected chi connectivity index (χ2v) is 7.43. The zero-order chi connectivity index (χ0) is 22.0. The van der Waals surface area contributed by atoms with Gasteiger partial charge in [0, 0.05) is 24.5 Å². The lowest BCUT2D eigenvalue weighted by atomic mass is 9.94. The third-order valence-electron chi connectivity index (χ3n) is 5.32. The topological polar surface area (TPSA) is 79.7 Å². The zero-order valence-electron chi connectivity index (χ0n) is 17.3. The van der Waals surface area contributed by atoms with Crippen molar-refractivity contribution in [2.24, 2.45) is 0 Å². The number of aliphatic hydroxyl groups is 1. The number of carbonyl (C=O) groups excluding carboxylic acids is 2. The highest BCUT2D eigenvalue weighted by atomic mass is 16.5. The van der Waals surface area contributed by atoms with Gasteiger partial charge in [0.25, 0.3) is 11.7 Å². The van der Waals surface area contributed by atoms with E-state index in [1.165, 1.54) is 12.0 Å². The van der Waals surface area contributed by atoms with Crippen molar-refractivity contribution >= 4 is 17.4 Å². The number of methoxy groups -OCH3 is 1. The summed E-state index contributed by atoms with van der Waals surface area (Å²) in [5, 5.41) is 11.1. The summed E-state index contributed by atoms with van der Waals surface area (Å²) < 4.78 is 5.24. The number of aryl methyl sites for hydroxylation is 1. The van der Waals surface area contributed by atoms with Gasteiger partial charge in [0.15, 0.2) is 0 Å². The molecule has 1 amide bonds. The Bertz CT molecular complexity index is 1170. The summed E-state index contributed by atoms with van der Waals surface area (Å²) in [7, 11) is 1.53. The van der Waals surface area contributed by atoms with E-state index in [1.54, 1.807) is 42.7 Å². The van der Waals surface area contributed by atoms with E-state index in [2.05, 4.69) is 4.98 Å². The third kappa shape index (κ3) is 3.92. The molecule has 0 bridgehead atoms. The number of aliphatic hydroxyl groups excluding tert-OH is 1. The normalized spacial score (nSPS) is 17.7. The number of aromatic nitrogens is 1. The van der Waals surface area contributed by atoms with Gasteiger partial charge >= 0.3 is 0 Å². The molecule has 1 unspecified atom stereocenters. The summed E-state index contributed by atoms with van der Waals surface area (Å²) in [5.74, 6) is -1.05. The van der Waals surface area contributed by atoms with E-state index >= 15 is 0 Å². The number of ether oxygens (including phenoxy) is 1. The predicted molar refractivity (Wildman–Crippen MR) is 116 cm³/mol. The molecule has 1 atom stereocenters. The average molecular weight is 414 g/mol. The van der Waals surface area contributed by atoms with E-state index in [9.17, 15) is 14.7 Å². The van der Waals surface area contributed by atoms with Gasteiger partial charge in [0.05, 0.1) is 18.7 Å². The predicted octanol–water partition coefficient (Wildman–Crippen LogP) is 4.02. The second-order valence-electron chi connectivity index (χ2n) is 7.43. The molecule has 1 saturated heterocycles.